The number of ether oxygens (including phenoxy) is 5. The van der Waals surface area contributed by atoms with Crippen molar-refractivity contribution < 1.29 is 38.4 Å². The lowest BCUT2D eigenvalue weighted by Gasteiger charge is -2.47. The Balaban J connectivity index is 1.92. The minimum atomic E-state index is -1.88. The molecule has 8 nitrogen and oxygen atoms in total. The molecule has 4 bridgehead atoms. The van der Waals surface area contributed by atoms with Crippen LogP contribution in [0.2, 0.25) is 0 Å². The Kier molecular flexibility index (Phi) is 2.98. The first-order chi connectivity index (χ1) is 10.7. The van der Waals surface area contributed by atoms with Crippen molar-refractivity contribution in [2.45, 2.75) is 75.4 Å². The number of Topliss-reactive ketones (excluding diaryl/α,β-unsaturated/α-hetero) is 2. The third-order valence-corrected chi connectivity index (χ3v) is 5.34. The molecule has 4 heterocycles. The van der Waals surface area contributed by atoms with Gasteiger partial charge in [-0.1, -0.05) is 0 Å². The summed E-state index contributed by atoms with van der Waals surface area (Å²) in [4.78, 5) is 24.7. The molecular weight excluding hydrogens is 308 g/mol. The lowest BCUT2D eigenvalue weighted by Crippen LogP contribution is -2.66. The molecule has 0 aromatic heterocycles. The summed E-state index contributed by atoms with van der Waals surface area (Å²) in [7, 11) is 0. The molecule has 4 rings (SSSR count). The predicted molar refractivity (Wildman–Crippen MR) is 71.9 cm³/mol. The lowest BCUT2D eigenvalue weighted by molar-refractivity contribution is -0.391. The van der Waals surface area contributed by atoms with Crippen molar-refractivity contribution in [1.82, 2.24) is 0 Å². The molecule has 0 saturated carbocycles. The molecule has 0 aromatic rings. The van der Waals surface area contributed by atoms with Crippen LogP contribution >= 0.6 is 0 Å². The summed E-state index contributed by atoms with van der Waals surface area (Å²) in [5.41, 5.74) is 0. The molecular formula is C15H20O8. The fraction of sp³-hybridized carbons (Fsp3) is 0.867. The van der Waals surface area contributed by atoms with Gasteiger partial charge in [0.2, 0.25) is 11.6 Å². The highest BCUT2D eigenvalue weighted by molar-refractivity contribution is 5.87. The largest absolute Gasteiger partial charge is 0.387 e. The van der Waals surface area contributed by atoms with Crippen LogP contribution in [0.4, 0.5) is 0 Å². The van der Waals surface area contributed by atoms with E-state index in [1.54, 1.807) is 6.92 Å². The second kappa shape index (κ2) is 4.38. The maximum atomic E-state index is 12.4. The Morgan fingerprint density at radius 1 is 1.04 bits per heavy atom. The number of hydrogen-bond donors (Lipinski definition) is 1. The van der Waals surface area contributed by atoms with E-state index in [-0.39, 0.29) is 25.2 Å². The topological polar surface area (TPSA) is 101 Å². The van der Waals surface area contributed by atoms with E-state index in [0.29, 0.717) is 6.42 Å². The smallest absolute Gasteiger partial charge is 0.261 e. The number of rotatable bonds is 2. The molecule has 0 unspecified atom stereocenters. The SMILES string of the molecule is CC(=O)[C@@]12O[C@@H](CC[C@H]1O)[C@]1(C(C)=O)O[C@@]3(C)OCC[C@@]3(O2)O1. The number of fused-ring (bicyclic) bond motifs is 4. The molecule has 6 atom stereocenters. The van der Waals surface area contributed by atoms with Crippen molar-refractivity contribution in [1.29, 1.82) is 0 Å². The summed E-state index contributed by atoms with van der Waals surface area (Å²) in [6.07, 6.45) is -1.22. The zero-order chi connectivity index (χ0) is 16.7. The van der Waals surface area contributed by atoms with Crippen molar-refractivity contribution in [3.8, 4) is 0 Å². The van der Waals surface area contributed by atoms with Crippen LogP contribution in [0.25, 0.3) is 0 Å². The standard InChI is InChI=1S/C15H20O8/c1-8(16)14-10(18)4-5-11(20-14)15(9(2)17)21-12(3)13(22-14,23-15)6-7-19-12/h10-11,18H,4-7H2,1-3H3/t10-,11+,12-,13-,14+,15-/m1/s1. The van der Waals surface area contributed by atoms with Gasteiger partial charge < -0.3 is 28.8 Å². The third kappa shape index (κ3) is 1.66. The van der Waals surface area contributed by atoms with Crippen molar-refractivity contribution in [2.75, 3.05) is 6.61 Å². The average Bonchev–Trinajstić information content (AvgIpc) is 2.83. The van der Waals surface area contributed by atoms with Crippen molar-refractivity contribution in [3.63, 3.8) is 0 Å². The highest BCUT2D eigenvalue weighted by atomic mass is 17.0. The van der Waals surface area contributed by atoms with Crippen molar-refractivity contribution in [2.24, 2.45) is 0 Å². The molecule has 0 aromatic carbocycles. The van der Waals surface area contributed by atoms with Gasteiger partial charge in [0.15, 0.2) is 11.6 Å². The van der Waals surface area contributed by atoms with Crippen LogP contribution in [0.3, 0.4) is 0 Å². The summed E-state index contributed by atoms with van der Waals surface area (Å²) >= 11 is 0. The van der Waals surface area contributed by atoms with Crippen molar-refractivity contribution >= 4 is 11.6 Å². The Bertz CT molecular complexity index is 592. The molecule has 0 aliphatic carbocycles. The highest BCUT2D eigenvalue weighted by Gasteiger charge is 2.79. The van der Waals surface area contributed by atoms with E-state index in [0.717, 1.165) is 0 Å². The average molecular weight is 328 g/mol. The van der Waals surface area contributed by atoms with Crippen LogP contribution in [0, 0.1) is 0 Å². The molecule has 1 N–H and O–H groups in total. The number of hydrogen-bond acceptors (Lipinski definition) is 8. The Morgan fingerprint density at radius 2 is 1.70 bits per heavy atom. The maximum absolute atomic E-state index is 12.4. The first-order valence-corrected chi connectivity index (χ1v) is 7.82. The van der Waals surface area contributed by atoms with Crippen LogP contribution in [-0.4, -0.2) is 58.6 Å². The fourth-order valence-electron chi connectivity index (χ4n) is 4.03. The summed E-state index contributed by atoms with van der Waals surface area (Å²) in [5, 5.41) is 10.4. The number of ketones is 2. The minimum absolute atomic E-state index is 0.236. The second-order valence-corrected chi connectivity index (χ2v) is 6.75. The van der Waals surface area contributed by atoms with Crippen LogP contribution in [0.5, 0.6) is 0 Å². The molecule has 128 valence electrons. The molecule has 4 aliphatic heterocycles. The zero-order valence-electron chi connectivity index (χ0n) is 13.3. The van der Waals surface area contributed by atoms with Gasteiger partial charge in [-0.15, -0.1) is 0 Å². The summed E-state index contributed by atoms with van der Waals surface area (Å²) in [6.45, 7) is 4.52. The second-order valence-electron chi connectivity index (χ2n) is 6.75. The number of carbonyl (C=O) groups is 2. The summed E-state index contributed by atoms with van der Waals surface area (Å²) in [5.74, 6) is -7.28. The monoisotopic (exact) mass is 328 g/mol. The van der Waals surface area contributed by atoms with E-state index in [1.165, 1.54) is 13.8 Å². The summed E-state index contributed by atoms with van der Waals surface area (Å²) < 4.78 is 29.4. The zero-order valence-corrected chi connectivity index (χ0v) is 13.3. The highest BCUT2D eigenvalue weighted by Crippen LogP contribution is 2.59. The van der Waals surface area contributed by atoms with Gasteiger partial charge >= 0.3 is 0 Å². The van der Waals surface area contributed by atoms with Crippen LogP contribution in [0.1, 0.15) is 40.0 Å². The van der Waals surface area contributed by atoms with Gasteiger partial charge in [0, 0.05) is 20.3 Å². The number of aliphatic hydroxyl groups excluding tert-OH is 1. The van der Waals surface area contributed by atoms with Crippen LogP contribution < -0.4 is 0 Å². The van der Waals surface area contributed by atoms with E-state index < -0.39 is 41.1 Å². The Hall–Kier alpha value is -0.900. The first-order valence-electron chi connectivity index (χ1n) is 7.82. The molecule has 0 radical (unpaired) electrons. The van der Waals surface area contributed by atoms with Gasteiger partial charge in [0.05, 0.1) is 6.61 Å². The maximum Gasteiger partial charge on any atom is 0.261 e. The van der Waals surface area contributed by atoms with Gasteiger partial charge in [-0.05, 0) is 19.8 Å². The molecule has 1 spiro atoms. The van der Waals surface area contributed by atoms with Crippen molar-refractivity contribution in [3.05, 3.63) is 0 Å². The molecule has 8 heteroatoms. The Morgan fingerprint density at radius 3 is 2.35 bits per heavy atom. The normalized spacial score (nSPS) is 54.4. The fourth-order valence-corrected chi connectivity index (χ4v) is 4.03. The van der Waals surface area contributed by atoms with Crippen LogP contribution in [0.15, 0.2) is 0 Å². The van der Waals surface area contributed by atoms with E-state index in [4.69, 9.17) is 23.7 Å². The predicted octanol–water partition coefficient (Wildman–Crippen LogP) is 0.00670. The Labute approximate surface area is 133 Å². The first kappa shape index (κ1) is 15.6. The molecule has 23 heavy (non-hydrogen) atoms. The van der Waals surface area contributed by atoms with Gasteiger partial charge in [-0.25, -0.2) is 0 Å². The molecule has 0 amide bonds. The van der Waals surface area contributed by atoms with E-state index in [2.05, 4.69) is 0 Å². The van der Waals surface area contributed by atoms with E-state index in [9.17, 15) is 14.7 Å². The van der Waals surface area contributed by atoms with Gasteiger partial charge in [-0.2, -0.15) is 0 Å². The van der Waals surface area contributed by atoms with Gasteiger partial charge in [0.1, 0.15) is 12.2 Å². The number of aliphatic hydroxyl groups is 1. The van der Waals surface area contributed by atoms with Gasteiger partial charge in [-0.3, -0.25) is 9.59 Å². The van der Waals surface area contributed by atoms with Crippen LogP contribution in [-0.2, 0) is 33.3 Å². The third-order valence-electron chi connectivity index (χ3n) is 5.34. The van der Waals surface area contributed by atoms with E-state index >= 15 is 0 Å². The summed E-state index contributed by atoms with van der Waals surface area (Å²) in [6, 6.07) is 0. The lowest BCUT2D eigenvalue weighted by atomic mass is 9.90. The van der Waals surface area contributed by atoms with E-state index in [1.807, 2.05) is 0 Å². The molecule has 4 fully saturated rings. The number of carbonyl (C=O) groups excluding carboxylic acids is 2. The minimum Gasteiger partial charge on any atom is -0.387 e. The molecule has 4 saturated heterocycles. The van der Waals surface area contributed by atoms with Gasteiger partial charge in [0.25, 0.3) is 11.6 Å². The quantitative estimate of drug-likeness (QED) is 0.756. The molecule has 4 aliphatic rings.